The van der Waals surface area contributed by atoms with E-state index in [0.29, 0.717) is 41.9 Å². The van der Waals surface area contributed by atoms with Crippen LogP contribution in [0, 0.1) is 5.82 Å². The van der Waals surface area contributed by atoms with Crippen LogP contribution in [0.2, 0.25) is 5.02 Å². The minimum absolute atomic E-state index is 0.0314. The Morgan fingerprint density at radius 2 is 1.78 bits per heavy atom. The zero-order chi connectivity index (χ0) is 26.5. The van der Waals surface area contributed by atoms with Gasteiger partial charge in [0.25, 0.3) is 5.91 Å². The fourth-order valence-electron chi connectivity index (χ4n) is 4.25. The quantitative estimate of drug-likeness (QED) is 0.423. The number of amides is 1. The fourth-order valence-corrected chi connectivity index (χ4v) is 4.41. The number of ether oxygens (including phenoxy) is 2. The van der Waals surface area contributed by atoms with E-state index < -0.39 is 5.97 Å². The third kappa shape index (κ3) is 6.81. The molecular weight excluding hydrogens is 503 g/mol. The Labute approximate surface area is 219 Å². The van der Waals surface area contributed by atoms with Crippen LogP contribution >= 0.6 is 11.6 Å². The van der Waals surface area contributed by atoms with Gasteiger partial charge in [-0.3, -0.25) is 9.69 Å². The SMILES string of the molecule is CC1CN(C(=O)COc2ccc(Cl)cc2OCc2ccc(C(=O)O)o2)C(C)CN1Cc1ccc(F)cc1. The lowest BCUT2D eigenvalue weighted by Crippen LogP contribution is -2.58. The average Bonchev–Trinajstić information content (AvgIpc) is 3.35. The molecule has 2 unspecified atom stereocenters. The highest BCUT2D eigenvalue weighted by atomic mass is 35.5. The molecule has 0 aliphatic carbocycles. The third-order valence-electron chi connectivity index (χ3n) is 6.23. The first kappa shape index (κ1) is 26.5. The maximum Gasteiger partial charge on any atom is 0.371 e. The second kappa shape index (κ2) is 11.7. The molecule has 196 valence electrons. The van der Waals surface area contributed by atoms with Crippen LogP contribution in [0.5, 0.6) is 11.5 Å². The van der Waals surface area contributed by atoms with Crippen molar-refractivity contribution in [2.75, 3.05) is 19.7 Å². The molecule has 1 fully saturated rings. The number of aromatic carboxylic acids is 1. The summed E-state index contributed by atoms with van der Waals surface area (Å²) in [6.45, 7) is 5.73. The van der Waals surface area contributed by atoms with E-state index in [-0.39, 0.29) is 42.8 Å². The van der Waals surface area contributed by atoms with Gasteiger partial charge in [-0.25, -0.2) is 9.18 Å². The number of carboxylic acid groups (broad SMARTS) is 1. The minimum Gasteiger partial charge on any atom is -0.482 e. The number of carbonyl (C=O) groups is 2. The topological polar surface area (TPSA) is 92.5 Å². The van der Waals surface area contributed by atoms with Gasteiger partial charge in [0.1, 0.15) is 18.2 Å². The summed E-state index contributed by atoms with van der Waals surface area (Å²) < 4.78 is 30.0. The molecule has 0 bridgehead atoms. The highest BCUT2D eigenvalue weighted by Gasteiger charge is 2.32. The Kier molecular flexibility index (Phi) is 8.35. The van der Waals surface area contributed by atoms with E-state index in [1.165, 1.54) is 24.3 Å². The van der Waals surface area contributed by atoms with E-state index in [2.05, 4.69) is 11.8 Å². The Morgan fingerprint density at radius 1 is 1.03 bits per heavy atom. The van der Waals surface area contributed by atoms with Crippen LogP contribution in [0.3, 0.4) is 0 Å². The molecular formula is C27H28ClFN2O6. The van der Waals surface area contributed by atoms with Crippen LogP contribution in [-0.4, -0.2) is 58.6 Å². The molecule has 37 heavy (non-hydrogen) atoms. The van der Waals surface area contributed by atoms with E-state index in [9.17, 15) is 14.0 Å². The monoisotopic (exact) mass is 530 g/mol. The summed E-state index contributed by atoms with van der Waals surface area (Å²) in [7, 11) is 0. The molecule has 8 nitrogen and oxygen atoms in total. The Balaban J connectivity index is 1.34. The van der Waals surface area contributed by atoms with Crippen LogP contribution in [0.15, 0.2) is 59.0 Å². The minimum atomic E-state index is -1.17. The first-order valence-corrected chi connectivity index (χ1v) is 12.2. The number of hydrogen-bond donors (Lipinski definition) is 1. The van der Waals surface area contributed by atoms with Gasteiger partial charge in [-0.15, -0.1) is 0 Å². The summed E-state index contributed by atoms with van der Waals surface area (Å²) in [6.07, 6.45) is 0. The Morgan fingerprint density at radius 3 is 2.49 bits per heavy atom. The van der Waals surface area contributed by atoms with Crippen molar-refractivity contribution in [3.8, 4) is 11.5 Å². The van der Waals surface area contributed by atoms with Crippen molar-refractivity contribution in [3.63, 3.8) is 0 Å². The van der Waals surface area contributed by atoms with Crippen molar-refractivity contribution in [2.45, 2.75) is 39.1 Å². The first-order chi connectivity index (χ1) is 17.7. The zero-order valence-corrected chi connectivity index (χ0v) is 21.3. The molecule has 2 aromatic carbocycles. The summed E-state index contributed by atoms with van der Waals surface area (Å²) in [6, 6.07) is 14.2. The lowest BCUT2D eigenvalue weighted by atomic mass is 10.1. The van der Waals surface area contributed by atoms with Gasteiger partial charge in [-0.2, -0.15) is 0 Å². The van der Waals surface area contributed by atoms with E-state index in [4.69, 9.17) is 30.6 Å². The van der Waals surface area contributed by atoms with E-state index in [0.717, 1.165) is 5.56 Å². The normalized spacial score (nSPS) is 18.0. The van der Waals surface area contributed by atoms with E-state index in [1.807, 2.05) is 6.92 Å². The molecule has 0 saturated carbocycles. The second-order valence-corrected chi connectivity index (χ2v) is 9.48. The molecule has 2 heterocycles. The molecule has 10 heteroatoms. The summed E-state index contributed by atoms with van der Waals surface area (Å²) in [4.78, 5) is 28.1. The van der Waals surface area contributed by atoms with Gasteiger partial charge in [0, 0.05) is 42.8 Å². The number of nitrogens with zero attached hydrogens (tertiary/aromatic N) is 2. The molecule has 0 spiro atoms. The number of halogens is 2. The molecule has 1 N–H and O–H groups in total. The van der Waals surface area contributed by atoms with Crippen molar-refractivity contribution in [2.24, 2.45) is 0 Å². The van der Waals surface area contributed by atoms with Crippen molar-refractivity contribution in [1.29, 1.82) is 0 Å². The number of rotatable bonds is 9. The predicted octanol–water partition coefficient (Wildman–Crippen LogP) is 4.85. The number of benzene rings is 2. The van der Waals surface area contributed by atoms with Gasteiger partial charge in [0.2, 0.25) is 5.76 Å². The average molecular weight is 531 g/mol. The van der Waals surface area contributed by atoms with Gasteiger partial charge in [0.05, 0.1) is 0 Å². The molecule has 1 aromatic heterocycles. The number of carboxylic acids is 1. The lowest BCUT2D eigenvalue weighted by molar-refractivity contribution is -0.139. The van der Waals surface area contributed by atoms with Gasteiger partial charge >= 0.3 is 5.97 Å². The maximum atomic E-state index is 13.2. The zero-order valence-electron chi connectivity index (χ0n) is 20.5. The number of piperazine rings is 1. The standard InChI is InChI=1S/C27H28ClFN2O6/c1-17-13-31(18(2)12-30(17)14-19-3-6-21(29)7-4-19)26(32)16-36-23-9-5-20(28)11-25(23)35-15-22-8-10-24(37-22)27(33)34/h3-11,17-18H,12-16H2,1-2H3,(H,33,34). The summed E-state index contributed by atoms with van der Waals surface area (Å²) in [5.74, 6) is -0.815. The highest BCUT2D eigenvalue weighted by molar-refractivity contribution is 6.30. The van der Waals surface area contributed by atoms with E-state index in [1.54, 1.807) is 35.2 Å². The molecule has 4 rings (SSSR count). The molecule has 2 atom stereocenters. The van der Waals surface area contributed by atoms with Crippen LogP contribution in [0.1, 0.15) is 35.7 Å². The summed E-state index contributed by atoms with van der Waals surface area (Å²) in [5.41, 5.74) is 1.02. The van der Waals surface area contributed by atoms with Crippen LogP contribution in [0.25, 0.3) is 0 Å². The van der Waals surface area contributed by atoms with Crippen LogP contribution in [-0.2, 0) is 17.9 Å². The van der Waals surface area contributed by atoms with E-state index >= 15 is 0 Å². The molecule has 3 aromatic rings. The van der Waals surface area contributed by atoms with Gasteiger partial charge in [-0.1, -0.05) is 23.7 Å². The smallest absolute Gasteiger partial charge is 0.371 e. The largest absolute Gasteiger partial charge is 0.482 e. The molecule has 1 saturated heterocycles. The number of furan rings is 1. The maximum absolute atomic E-state index is 13.2. The van der Waals surface area contributed by atoms with Crippen LogP contribution in [0.4, 0.5) is 4.39 Å². The third-order valence-corrected chi connectivity index (χ3v) is 6.47. The molecule has 1 amide bonds. The van der Waals surface area contributed by atoms with Gasteiger partial charge in [-0.05, 0) is 55.8 Å². The van der Waals surface area contributed by atoms with Crippen molar-refractivity contribution in [3.05, 3.63) is 82.5 Å². The highest BCUT2D eigenvalue weighted by Crippen LogP contribution is 2.31. The number of hydrogen-bond acceptors (Lipinski definition) is 6. The van der Waals surface area contributed by atoms with Gasteiger partial charge < -0.3 is 23.9 Å². The Bertz CT molecular complexity index is 1250. The van der Waals surface area contributed by atoms with Crippen molar-refractivity contribution >= 4 is 23.5 Å². The lowest BCUT2D eigenvalue weighted by Gasteiger charge is -2.44. The summed E-state index contributed by atoms with van der Waals surface area (Å²) in [5, 5.41) is 9.41. The number of carbonyl (C=O) groups excluding carboxylic acids is 1. The van der Waals surface area contributed by atoms with Gasteiger partial charge in [0.15, 0.2) is 18.1 Å². The first-order valence-electron chi connectivity index (χ1n) is 11.8. The Hall–Kier alpha value is -3.56. The fraction of sp³-hybridized carbons (Fsp3) is 0.333. The van der Waals surface area contributed by atoms with Crippen LogP contribution < -0.4 is 9.47 Å². The van der Waals surface area contributed by atoms with Crippen molar-refractivity contribution in [1.82, 2.24) is 9.80 Å². The second-order valence-electron chi connectivity index (χ2n) is 9.04. The summed E-state index contributed by atoms with van der Waals surface area (Å²) >= 11 is 6.11. The molecule has 0 radical (unpaired) electrons. The molecule has 1 aliphatic heterocycles. The predicted molar refractivity (Wildman–Crippen MR) is 134 cm³/mol. The van der Waals surface area contributed by atoms with Crippen molar-refractivity contribution < 1.29 is 33.0 Å². The molecule has 1 aliphatic rings.